The van der Waals surface area contributed by atoms with E-state index >= 15 is 0 Å². The first kappa shape index (κ1) is 21.5. The van der Waals surface area contributed by atoms with Crippen LogP contribution < -0.4 is 18.9 Å². The quantitative estimate of drug-likeness (QED) is 0.450. The van der Waals surface area contributed by atoms with E-state index in [4.69, 9.17) is 8.85 Å². The van der Waals surface area contributed by atoms with Crippen LogP contribution in [0.5, 0.6) is 11.5 Å². The molecule has 0 spiro atoms. The van der Waals surface area contributed by atoms with E-state index < -0.39 is 8.56 Å². The standard InChI is InChI=1S/C27H33NO2Si/c1-7-21-15-19(4)26-24(17-21)28(9-3)25-18-22(8-2)16-20(5)27(25)30-31(6,29-26)23-13-11-10-12-14-23/h10-18H,7-9H2,1-6H3. The van der Waals surface area contributed by atoms with Gasteiger partial charge >= 0.3 is 8.56 Å². The summed E-state index contributed by atoms with van der Waals surface area (Å²) in [6.45, 7) is 13.9. The maximum Gasteiger partial charge on any atom is 0.492 e. The van der Waals surface area contributed by atoms with Crippen molar-refractivity contribution in [3.63, 3.8) is 0 Å². The van der Waals surface area contributed by atoms with E-state index in [1.165, 1.54) is 11.1 Å². The molecule has 0 saturated heterocycles. The zero-order valence-electron chi connectivity index (χ0n) is 19.6. The Balaban J connectivity index is 2.04. The Hall–Kier alpha value is -2.72. The molecule has 0 atom stereocenters. The molecule has 1 heterocycles. The summed E-state index contributed by atoms with van der Waals surface area (Å²) in [6.07, 6.45) is 1.99. The zero-order chi connectivity index (χ0) is 22.2. The summed E-state index contributed by atoms with van der Waals surface area (Å²) in [6, 6.07) is 19.6. The number of rotatable bonds is 4. The predicted octanol–water partition coefficient (Wildman–Crippen LogP) is 6.34. The molecule has 0 fully saturated rings. The predicted molar refractivity (Wildman–Crippen MR) is 133 cm³/mol. The van der Waals surface area contributed by atoms with Gasteiger partial charge in [0, 0.05) is 18.3 Å². The fourth-order valence-electron chi connectivity index (χ4n) is 4.47. The third-order valence-electron chi connectivity index (χ3n) is 6.24. The summed E-state index contributed by atoms with van der Waals surface area (Å²) < 4.78 is 13.8. The first-order chi connectivity index (χ1) is 14.9. The Kier molecular flexibility index (Phi) is 5.85. The molecule has 0 N–H and O–H groups in total. The van der Waals surface area contributed by atoms with Crippen LogP contribution in [0.1, 0.15) is 43.0 Å². The molecule has 4 rings (SSSR count). The molecule has 0 aromatic heterocycles. The number of aryl methyl sites for hydroxylation is 4. The van der Waals surface area contributed by atoms with E-state index in [0.717, 1.165) is 58.6 Å². The van der Waals surface area contributed by atoms with Crippen molar-refractivity contribution in [2.45, 2.75) is 54.0 Å². The van der Waals surface area contributed by atoms with Gasteiger partial charge in [-0.1, -0.05) is 56.3 Å². The van der Waals surface area contributed by atoms with Gasteiger partial charge in [0.2, 0.25) is 0 Å². The minimum absolute atomic E-state index is 0.843. The Morgan fingerprint density at radius 3 is 1.65 bits per heavy atom. The fourth-order valence-corrected chi connectivity index (χ4v) is 6.86. The minimum Gasteiger partial charge on any atom is -0.507 e. The van der Waals surface area contributed by atoms with Crippen molar-refractivity contribution >= 4 is 25.1 Å². The molecule has 0 saturated carbocycles. The van der Waals surface area contributed by atoms with Gasteiger partial charge in [-0.2, -0.15) is 0 Å². The maximum atomic E-state index is 6.92. The number of nitrogens with zero attached hydrogens (tertiary/aromatic N) is 1. The molecule has 0 radical (unpaired) electrons. The molecule has 162 valence electrons. The van der Waals surface area contributed by atoms with E-state index in [1.54, 1.807) is 0 Å². The zero-order valence-corrected chi connectivity index (χ0v) is 20.6. The van der Waals surface area contributed by atoms with E-state index in [2.05, 4.69) is 94.6 Å². The molecule has 0 unspecified atom stereocenters. The molecule has 31 heavy (non-hydrogen) atoms. The van der Waals surface area contributed by atoms with Gasteiger partial charge in [0.05, 0.1) is 11.4 Å². The van der Waals surface area contributed by atoms with Crippen LogP contribution in [0.4, 0.5) is 11.4 Å². The van der Waals surface area contributed by atoms with Gasteiger partial charge in [-0.15, -0.1) is 0 Å². The number of hydrogen-bond donors (Lipinski definition) is 0. The third-order valence-corrected chi connectivity index (χ3v) is 8.81. The van der Waals surface area contributed by atoms with E-state index in [9.17, 15) is 0 Å². The van der Waals surface area contributed by atoms with Crippen LogP contribution in [0, 0.1) is 13.8 Å². The average molecular weight is 432 g/mol. The molecule has 3 aromatic rings. The molecule has 0 amide bonds. The van der Waals surface area contributed by atoms with Gasteiger partial charge < -0.3 is 13.8 Å². The van der Waals surface area contributed by atoms with E-state index in [0.29, 0.717) is 0 Å². The van der Waals surface area contributed by atoms with Gasteiger partial charge in [-0.25, -0.2) is 0 Å². The van der Waals surface area contributed by atoms with Crippen molar-refractivity contribution in [1.82, 2.24) is 0 Å². The van der Waals surface area contributed by atoms with Gasteiger partial charge in [-0.05, 0) is 68.0 Å². The van der Waals surface area contributed by atoms with Crippen molar-refractivity contribution < 1.29 is 8.85 Å². The third kappa shape index (κ3) is 3.85. The molecule has 0 aliphatic carbocycles. The van der Waals surface area contributed by atoms with E-state index in [-0.39, 0.29) is 0 Å². The molecule has 1 aliphatic heterocycles. The smallest absolute Gasteiger partial charge is 0.492 e. The Morgan fingerprint density at radius 1 is 0.742 bits per heavy atom. The highest BCUT2D eigenvalue weighted by atomic mass is 28.4. The monoisotopic (exact) mass is 431 g/mol. The minimum atomic E-state index is -2.78. The van der Waals surface area contributed by atoms with Crippen LogP contribution in [-0.4, -0.2) is 15.1 Å². The largest absolute Gasteiger partial charge is 0.507 e. The van der Waals surface area contributed by atoms with Crippen LogP contribution in [0.2, 0.25) is 6.55 Å². The highest BCUT2D eigenvalue weighted by Gasteiger charge is 2.43. The van der Waals surface area contributed by atoms with E-state index in [1.807, 2.05) is 6.07 Å². The van der Waals surface area contributed by atoms with Crippen LogP contribution in [-0.2, 0) is 12.8 Å². The lowest BCUT2D eigenvalue weighted by Crippen LogP contribution is -2.57. The van der Waals surface area contributed by atoms with Crippen molar-refractivity contribution in [3.8, 4) is 11.5 Å². The number of benzene rings is 3. The summed E-state index contributed by atoms with van der Waals surface area (Å²) in [5.74, 6) is 1.89. The normalized spacial score (nSPS) is 14.6. The SMILES string of the molecule is CCc1cc(C)c2c(c1)N(CC)c1cc(CC)cc(C)c1O[Si](C)(c1ccccc1)O2. The second-order valence-electron chi connectivity index (χ2n) is 8.49. The molecule has 1 aliphatic rings. The second-order valence-corrected chi connectivity index (χ2v) is 11.4. The summed E-state index contributed by atoms with van der Waals surface area (Å²) >= 11 is 0. The Bertz CT molecular complexity index is 1030. The lowest BCUT2D eigenvalue weighted by molar-refractivity contribution is 0.401. The fraction of sp³-hybridized carbons (Fsp3) is 0.333. The highest BCUT2D eigenvalue weighted by molar-refractivity contribution is 6.81. The lowest BCUT2D eigenvalue weighted by atomic mass is 10.0. The number of anilines is 2. The van der Waals surface area contributed by atoms with Gasteiger partial charge in [-0.3, -0.25) is 0 Å². The van der Waals surface area contributed by atoms with Crippen molar-refractivity contribution in [1.29, 1.82) is 0 Å². The van der Waals surface area contributed by atoms with Crippen LogP contribution in [0.3, 0.4) is 0 Å². The maximum absolute atomic E-state index is 6.92. The molecular formula is C27H33NO2Si. The highest BCUT2D eigenvalue weighted by Crippen LogP contribution is 2.46. The summed E-state index contributed by atoms with van der Waals surface area (Å²) in [5.41, 5.74) is 7.27. The van der Waals surface area contributed by atoms with Crippen LogP contribution in [0.25, 0.3) is 0 Å². The van der Waals surface area contributed by atoms with Gasteiger partial charge in [0.1, 0.15) is 11.5 Å². The first-order valence-electron chi connectivity index (χ1n) is 11.4. The Labute approximate surface area is 187 Å². The lowest BCUT2D eigenvalue weighted by Gasteiger charge is -2.38. The molecule has 0 bridgehead atoms. The molecule has 4 heteroatoms. The average Bonchev–Trinajstić information content (AvgIpc) is 2.77. The summed E-state index contributed by atoms with van der Waals surface area (Å²) in [4.78, 5) is 2.36. The second kappa shape index (κ2) is 8.43. The van der Waals surface area contributed by atoms with Crippen LogP contribution in [0.15, 0.2) is 54.6 Å². The van der Waals surface area contributed by atoms with Crippen molar-refractivity contribution in [2.24, 2.45) is 0 Å². The Morgan fingerprint density at radius 2 is 1.23 bits per heavy atom. The van der Waals surface area contributed by atoms with Crippen molar-refractivity contribution in [3.05, 3.63) is 76.9 Å². The molecule has 3 nitrogen and oxygen atoms in total. The topological polar surface area (TPSA) is 21.7 Å². The molecular weight excluding hydrogens is 398 g/mol. The van der Waals surface area contributed by atoms with Gasteiger partial charge in [0.25, 0.3) is 0 Å². The van der Waals surface area contributed by atoms with Gasteiger partial charge in [0.15, 0.2) is 0 Å². The first-order valence-corrected chi connectivity index (χ1v) is 13.7. The van der Waals surface area contributed by atoms with Crippen LogP contribution >= 0.6 is 0 Å². The van der Waals surface area contributed by atoms with Crippen molar-refractivity contribution in [2.75, 3.05) is 11.4 Å². The molecule has 3 aromatic carbocycles. The number of fused-ring (bicyclic) bond motifs is 2. The summed E-state index contributed by atoms with van der Waals surface area (Å²) in [7, 11) is -2.78. The number of hydrogen-bond acceptors (Lipinski definition) is 3. The summed E-state index contributed by atoms with van der Waals surface area (Å²) in [5, 5.41) is 1.13.